The van der Waals surface area contributed by atoms with Gasteiger partial charge in [0.2, 0.25) is 0 Å². The molecule has 1 rings (SSSR count). The molecule has 0 radical (unpaired) electrons. The van der Waals surface area contributed by atoms with Gasteiger partial charge in [0.15, 0.2) is 0 Å². The van der Waals surface area contributed by atoms with Crippen LogP contribution in [-0.2, 0) is 24.0 Å². The molecule has 0 saturated heterocycles. The van der Waals surface area contributed by atoms with Crippen molar-refractivity contribution < 1.29 is 29.1 Å². The van der Waals surface area contributed by atoms with E-state index in [1.54, 1.807) is 0 Å². The first kappa shape index (κ1) is 10.4. The SMILES string of the molecule is CC(=O)O.[Pd][c]1ccccc1. The van der Waals surface area contributed by atoms with Crippen molar-refractivity contribution in [1.29, 1.82) is 0 Å². The summed E-state index contributed by atoms with van der Waals surface area (Å²) >= 11 is 3.07. The van der Waals surface area contributed by atoms with Gasteiger partial charge < -0.3 is 5.11 Å². The average molecular weight is 244 g/mol. The fourth-order valence-corrected chi connectivity index (χ4v) is 0.702. The van der Waals surface area contributed by atoms with Crippen LogP contribution in [0.5, 0.6) is 0 Å². The number of carboxylic acids is 1. The van der Waals surface area contributed by atoms with Crippen LogP contribution in [0.1, 0.15) is 6.92 Å². The van der Waals surface area contributed by atoms with Gasteiger partial charge in [-0.25, -0.2) is 0 Å². The first-order valence-corrected chi connectivity index (χ1v) is 3.77. The van der Waals surface area contributed by atoms with Crippen LogP contribution in [-0.4, -0.2) is 11.1 Å². The van der Waals surface area contributed by atoms with Crippen molar-refractivity contribution >= 4 is 10.0 Å². The molecule has 0 atom stereocenters. The molecule has 3 heteroatoms. The Bertz CT molecular complexity index is 205. The molecule has 63 valence electrons. The second-order valence-corrected chi connectivity index (χ2v) is 2.68. The Morgan fingerprint density at radius 3 is 1.91 bits per heavy atom. The monoisotopic (exact) mass is 243 g/mol. The minimum absolute atomic E-state index is 0.833. The van der Waals surface area contributed by atoms with Gasteiger partial charge in [-0.2, -0.15) is 0 Å². The molecule has 0 bridgehead atoms. The summed E-state index contributed by atoms with van der Waals surface area (Å²) in [4.78, 5) is 9.00. The summed E-state index contributed by atoms with van der Waals surface area (Å²) in [5.41, 5.74) is 0. The van der Waals surface area contributed by atoms with Crippen LogP contribution >= 0.6 is 0 Å². The number of benzene rings is 1. The van der Waals surface area contributed by atoms with Gasteiger partial charge in [-0.15, -0.1) is 0 Å². The van der Waals surface area contributed by atoms with Crippen LogP contribution in [0, 0.1) is 0 Å². The van der Waals surface area contributed by atoms with Crippen LogP contribution in [0.3, 0.4) is 0 Å². The molecule has 0 aliphatic heterocycles. The van der Waals surface area contributed by atoms with Crippen LogP contribution < -0.4 is 4.04 Å². The third kappa shape index (κ3) is 9.35. The van der Waals surface area contributed by atoms with E-state index in [1.165, 1.54) is 4.04 Å². The molecule has 0 aliphatic carbocycles. The van der Waals surface area contributed by atoms with Crippen LogP contribution in [0.2, 0.25) is 0 Å². The van der Waals surface area contributed by atoms with Gasteiger partial charge >= 0.3 is 53.6 Å². The van der Waals surface area contributed by atoms with E-state index in [0.29, 0.717) is 0 Å². The van der Waals surface area contributed by atoms with E-state index >= 15 is 0 Å². The molecule has 1 aromatic carbocycles. The predicted molar refractivity (Wildman–Crippen MR) is 39.4 cm³/mol. The van der Waals surface area contributed by atoms with Crippen molar-refractivity contribution in [1.82, 2.24) is 0 Å². The molecule has 0 fully saturated rings. The summed E-state index contributed by atoms with van der Waals surface area (Å²) in [7, 11) is 0. The first-order valence-electron chi connectivity index (χ1n) is 3.00. The Hall–Kier alpha value is -0.648. The molecule has 11 heavy (non-hydrogen) atoms. The van der Waals surface area contributed by atoms with Gasteiger partial charge in [0.1, 0.15) is 0 Å². The van der Waals surface area contributed by atoms with E-state index in [-0.39, 0.29) is 0 Å². The maximum atomic E-state index is 9.00. The predicted octanol–water partition coefficient (Wildman–Crippen LogP) is 0.950. The molecule has 1 N–H and O–H groups in total. The Kier molecular flexibility index (Phi) is 5.73. The minimum atomic E-state index is -0.833. The molecule has 0 unspecified atom stereocenters. The number of aliphatic carboxylic acids is 1. The molecule has 0 amide bonds. The fraction of sp³-hybridized carbons (Fsp3) is 0.125. The Morgan fingerprint density at radius 1 is 1.36 bits per heavy atom. The Balaban J connectivity index is 0.000000218. The van der Waals surface area contributed by atoms with E-state index in [0.717, 1.165) is 6.92 Å². The van der Waals surface area contributed by atoms with E-state index < -0.39 is 5.97 Å². The number of rotatable bonds is 0. The number of hydrogen-bond donors (Lipinski definition) is 1. The molecule has 0 aromatic heterocycles. The van der Waals surface area contributed by atoms with Crippen LogP contribution in [0.15, 0.2) is 30.3 Å². The van der Waals surface area contributed by atoms with Crippen molar-refractivity contribution in [3.05, 3.63) is 30.3 Å². The van der Waals surface area contributed by atoms with E-state index in [2.05, 4.69) is 19.2 Å². The van der Waals surface area contributed by atoms with E-state index in [9.17, 15) is 0 Å². The molecule has 0 aliphatic rings. The van der Waals surface area contributed by atoms with E-state index in [1.807, 2.05) is 30.3 Å². The van der Waals surface area contributed by atoms with Crippen molar-refractivity contribution in [2.75, 3.05) is 0 Å². The zero-order chi connectivity index (χ0) is 8.69. The number of carboxylic acid groups (broad SMARTS) is 1. The molecule has 0 heterocycles. The second kappa shape index (κ2) is 6.09. The molecule has 1 aromatic rings. The number of carbonyl (C=O) groups is 1. The quantitative estimate of drug-likeness (QED) is 0.689. The summed E-state index contributed by atoms with van der Waals surface area (Å²) in [6, 6.07) is 10.0. The summed E-state index contributed by atoms with van der Waals surface area (Å²) in [6.45, 7) is 1.08. The third-order valence-corrected chi connectivity index (χ3v) is 1.23. The zero-order valence-corrected chi connectivity index (χ0v) is 7.61. The summed E-state index contributed by atoms with van der Waals surface area (Å²) in [6.07, 6.45) is 0. The molecule has 0 spiro atoms. The van der Waals surface area contributed by atoms with Crippen molar-refractivity contribution in [3.8, 4) is 0 Å². The standard InChI is InChI=1S/C6H5.C2H4O2.Pd/c1-2-4-6-5-3-1;1-2(3)4;/h1-5H;1H3,(H,3,4);. The molecular weight excluding hydrogens is 235 g/mol. The number of hydrogen-bond acceptors (Lipinski definition) is 1. The molecule has 0 saturated carbocycles. The average Bonchev–Trinajstić information content (AvgIpc) is 1.87. The van der Waals surface area contributed by atoms with Crippen molar-refractivity contribution in [2.45, 2.75) is 6.92 Å². The normalized spacial score (nSPS) is 7.91. The fourth-order valence-electron chi connectivity index (χ4n) is 0.403. The van der Waals surface area contributed by atoms with Crippen molar-refractivity contribution in [3.63, 3.8) is 0 Å². The van der Waals surface area contributed by atoms with Gasteiger partial charge in [0.25, 0.3) is 5.97 Å². The Morgan fingerprint density at radius 2 is 1.73 bits per heavy atom. The third-order valence-electron chi connectivity index (χ3n) is 0.713. The zero-order valence-electron chi connectivity index (χ0n) is 6.06. The van der Waals surface area contributed by atoms with Gasteiger partial charge in [0, 0.05) is 6.92 Å². The second-order valence-electron chi connectivity index (χ2n) is 1.78. The van der Waals surface area contributed by atoms with E-state index in [4.69, 9.17) is 9.90 Å². The molecule has 2 nitrogen and oxygen atoms in total. The van der Waals surface area contributed by atoms with Crippen LogP contribution in [0.25, 0.3) is 0 Å². The van der Waals surface area contributed by atoms with Gasteiger partial charge in [-0.1, -0.05) is 0 Å². The van der Waals surface area contributed by atoms with Crippen LogP contribution in [0.4, 0.5) is 0 Å². The van der Waals surface area contributed by atoms with Gasteiger partial charge in [-0.05, 0) is 0 Å². The summed E-state index contributed by atoms with van der Waals surface area (Å²) in [5.74, 6) is -0.833. The molecular formula is C8H9O2Pd. The van der Waals surface area contributed by atoms with Gasteiger partial charge in [-0.3, -0.25) is 4.79 Å². The van der Waals surface area contributed by atoms with Crippen molar-refractivity contribution in [2.24, 2.45) is 0 Å². The van der Waals surface area contributed by atoms with Gasteiger partial charge in [0.05, 0.1) is 0 Å². The topological polar surface area (TPSA) is 37.3 Å². The summed E-state index contributed by atoms with van der Waals surface area (Å²) in [5, 5.41) is 7.42. The summed E-state index contributed by atoms with van der Waals surface area (Å²) < 4.78 is 1.17. The maximum absolute atomic E-state index is 9.00. The Labute approximate surface area is 76.7 Å². The first-order chi connectivity index (χ1) is 5.13.